The van der Waals surface area contributed by atoms with Gasteiger partial charge in [-0.1, -0.05) is 45.9 Å². The van der Waals surface area contributed by atoms with Crippen LogP contribution >= 0.6 is 0 Å². The Morgan fingerprint density at radius 2 is 1.59 bits per heavy atom. The van der Waals surface area contributed by atoms with Crippen LogP contribution in [-0.2, 0) is 0 Å². The fourth-order valence-corrected chi connectivity index (χ4v) is 2.37. The number of amides is 1. The van der Waals surface area contributed by atoms with Crippen molar-refractivity contribution < 1.29 is 9.21 Å². The maximum atomic E-state index is 12.4. The van der Waals surface area contributed by atoms with Gasteiger partial charge in [-0.25, -0.2) is 4.79 Å². The molecule has 0 aliphatic heterocycles. The zero-order valence-electron chi connectivity index (χ0n) is 13.3. The van der Waals surface area contributed by atoms with E-state index in [4.69, 9.17) is 4.42 Å². The van der Waals surface area contributed by atoms with Gasteiger partial charge in [-0.2, -0.15) is 0 Å². The molecule has 0 saturated carbocycles. The predicted octanol–water partition coefficient (Wildman–Crippen LogP) is 4.14. The molecule has 0 atom stereocenters. The second kappa shape index (κ2) is 6.60. The predicted molar refractivity (Wildman–Crippen MR) is 87.6 cm³/mol. The second-order valence-corrected chi connectivity index (χ2v) is 5.92. The molecule has 1 aromatic heterocycles. The molecular weight excluding hydrogens is 278 g/mol. The molecule has 0 radical (unpaired) electrons. The molecule has 116 valence electrons. The van der Waals surface area contributed by atoms with Crippen molar-refractivity contribution >= 4 is 11.6 Å². The van der Waals surface area contributed by atoms with Crippen molar-refractivity contribution in [1.29, 1.82) is 0 Å². The molecule has 22 heavy (non-hydrogen) atoms. The summed E-state index contributed by atoms with van der Waals surface area (Å²) in [4.78, 5) is 23.4. The summed E-state index contributed by atoms with van der Waals surface area (Å²) in [7, 11) is 0. The van der Waals surface area contributed by atoms with Gasteiger partial charge >= 0.3 is 5.63 Å². The Kier molecular flexibility index (Phi) is 4.81. The summed E-state index contributed by atoms with van der Waals surface area (Å²) in [6, 6.07) is 8.78. The standard InChI is InChI=1S/C18H21NO3/c1-11(2)14-6-5-7-15(12(3)4)17(14)19-18(21)13-8-9-16(20)22-10-13/h5-12H,1-4H3,(H,19,21). The number of benzene rings is 1. The lowest BCUT2D eigenvalue weighted by molar-refractivity contribution is 0.102. The first-order chi connectivity index (χ1) is 10.4. The lowest BCUT2D eigenvalue weighted by Gasteiger charge is -2.20. The Bertz CT molecular complexity index is 683. The van der Waals surface area contributed by atoms with Gasteiger partial charge in [0.2, 0.25) is 0 Å². The first-order valence-corrected chi connectivity index (χ1v) is 7.43. The highest BCUT2D eigenvalue weighted by atomic mass is 16.4. The van der Waals surface area contributed by atoms with Crippen molar-refractivity contribution in [3.05, 3.63) is 63.7 Å². The average molecular weight is 299 g/mol. The highest BCUT2D eigenvalue weighted by Crippen LogP contribution is 2.32. The molecule has 0 fully saturated rings. The number of carbonyl (C=O) groups is 1. The van der Waals surface area contributed by atoms with E-state index in [1.54, 1.807) is 0 Å². The van der Waals surface area contributed by atoms with Gasteiger partial charge in [-0.15, -0.1) is 0 Å². The zero-order chi connectivity index (χ0) is 16.3. The van der Waals surface area contributed by atoms with E-state index in [1.807, 2.05) is 18.2 Å². The second-order valence-electron chi connectivity index (χ2n) is 5.92. The van der Waals surface area contributed by atoms with Crippen LogP contribution in [0.1, 0.15) is 61.0 Å². The number of rotatable bonds is 4. The Hall–Kier alpha value is -2.36. The molecule has 1 N–H and O–H groups in total. The molecular formula is C18H21NO3. The molecule has 0 unspecified atom stereocenters. The van der Waals surface area contributed by atoms with E-state index in [9.17, 15) is 9.59 Å². The smallest absolute Gasteiger partial charge is 0.335 e. The van der Waals surface area contributed by atoms with Gasteiger partial charge in [0.1, 0.15) is 6.26 Å². The monoisotopic (exact) mass is 299 g/mol. The van der Waals surface area contributed by atoms with Crippen LogP contribution in [0.2, 0.25) is 0 Å². The van der Waals surface area contributed by atoms with E-state index >= 15 is 0 Å². The number of carbonyl (C=O) groups excluding carboxylic acids is 1. The molecule has 1 heterocycles. The topological polar surface area (TPSA) is 59.3 Å². The molecule has 0 spiro atoms. The third kappa shape index (κ3) is 3.45. The van der Waals surface area contributed by atoms with Crippen LogP contribution in [0, 0.1) is 0 Å². The number of anilines is 1. The molecule has 4 nitrogen and oxygen atoms in total. The lowest BCUT2D eigenvalue weighted by atomic mass is 9.92. The minimum atomic E-state index is -0.470. The Morgan fingerprint density at radius 1 is 1.00 bits per heavy atom. The molecule has 2 aromatic rings. The number of nitrogens with one attached hydrogen (secondary N) is 1. The minimum Gasteiger partial charge on any atom is -0.430 e. The van der Waals surface area contributed by atoms with Crippen molar-refractivity contribution in [2.24, 2.45) is 0 Å². The van der Waals surface area contributed by atoms with Crippen molar-refractivity contribution in [3.63, 3.8) is 0 Å². The first-order valence-electron chi connectivity index (χ1n) is 7.43. The molecule has 1 aromatic carbocycles. The Balaban J connectivity index is 2.41. The van der Waals surface area contributed by atoms with E-state index in [1.165, 1.54) is 18.4 Å². The summed E-state index contributed by atoms with van der Waals surface area (Å²) < 4.78 is 4.76. The SMILES string of the molecule is CC(C)c1cccc(C(C)C)c1NC(=O)c1ccc(=O)oc1. The maximum Gasteiger partial charge on any atom is 0.335 e. The fourth-order valence-electron chi connectivity index (χ4n) is 2.37. The number of para-hydroxylation sites is 1. The van der Waals surface area contributed by atoms with Crippen LogP contribution in [0.3, 0.4) is 0 Å². The summed E-state index contributed by atoms with van der Waals surface area (Å²) >= 11 is 0. The molecule has 0 bridgehead atoms. The van der Waals surface area contributed by atoms with Crippen LogP contribution in [0.4, 0.5) is 5.69 Å². The van der Waals surface area contributed by atoms with Crippen LogP contribution in [0.15, 0.2) is 45.8 Å². The summed E-state index contributed by atoms with van der Waals surface area (Å²) in [6.07, 6.45) is 1.19. The number of hydrogen-bond acceptors (Lipinski definition) is 3. The van der Waals surface area contributed by atoms with E-state index < -0.39 is 5.63 Å². The molecule has 1 amide bonds. The quantitative estimate of drug-likeness (QED) is 0.923. The van der Waals surface area contributed by atoms with Gasteiger partial charge in [-0.05, 0) is 29.0 Å². The maximum absolute atomic E-state index is 12.4. The van der Waals surface area contributed by atoms with Gasteiger partial charge in [0.25, 0.3) is 5.91 Å². The van der Waals surface area contributed by atoms with Crippen LogP contribution in [-0.4, -0.2) is 5.91 Å². The van der Waals surface area contributed by atoms with Crippen LogP contribution < -0.4 is 10.9 Å². The molecule has 0 aliphatic carbocycles. The molecule has 4 heteroatoms. The summed E-state index contributed by atoms with van der Waals surface area (Å²) in [5.74, 6) is 0.309. The molecule has 0 aliphatic rings. The van der Waals surface area contributed by atoms with Crippen molar-refractivity contribution in [2.45, 2.75) is 39.5 Å². The van der Waals surface area contributed by atoms with E-state index in [2.05, 4.69) is 33.0 Å². The van der Waals surface area contributed by atoms with Gasteiger partial charge in [0, 0.05) is 11.8 Å². The minimum absolute atomic E-state index is 0.279. The van der Waals surface area contributed by atoms with E-state index in [0.717, 1.165) is 16.8 Å². The van der Waals surface area contributed by atoms with Crippen molar-refractivity contribution in [1.82, 2.24) is 0 Å². The van der Waals surface area contributed by atoms with E-state index in [0.29, 0.717) is 17.4 Å². The van der Waals surface area contributed by atoms with Crippen LogP contribution in [0.5, 0.6) is 0 Å². The summed E-state index contributed by atoms with van der Waals surface area (Å²) in [5, 5.41) is 2.98. The Labute approximate surface area is 130 Å². The largest absolute Gasteiger partial charge is 0.430 e. The third-order valence-electron chi connectivity index (χ3n) is 3.57. The van der Waals surface area contributed by atoms with Gasteiger partial charge < -0.3 is 9.73 Å². The summed E-state index contributed by atoms with van der Waals surface area (Å²) in [6.45, 7) is 8.38. The van der Waals surface area contributed by atoms with Crippen molar-refractivity contribution in [3.8, 4) is 0 Å². The average Bonchev–Trinajstić information content (AvgIpc) is 2.47. The molecule has 2 rings (SSSR count). The van der Waals surface area contributed by atoms with Gasteiger partial charge in [0.05, 0.1) is 5.56 Å². The molecule has 0 saturated heterocycles. The number of hydrogen-bond donors (Lipinski definition) is 1. The van der Waals surface area contributed by atoms with Gasteiger partial charge in [-0.3, -0.25) is 4.79 Å². The fraction of sp³-hybridized carbons (Fsp3) is 0.333. The highest BCUT2D eigenvalue weighted by molar-refractivity contribution is 6.04. The van der Waals surface area contributed by atoms with E-state index in [-0.39, 0.29) is 5.91 Å². The Morgan fingerprint density at radius 3 is 2.05 bits per heavy atom. The lowest BCUT2D eigenvalue weighted by Crippen LogP contribution is -2.16. The normalized spacial score (nSPS) is 11.0. The first kappa shape index (κ1) is 16.0. The summed E-state index contributed by atoms with van der Waals surface area (Å²) in [5.41, 5.74) is 2.90. The highest BCUT2D eigenvalue weighted by Gasteiger charge is 2.17. The van der Waals surface area contributed by atoms with Crippen molar-refractivity contribution in [2.75, 3.05) is 5.32 Å². The van der Waals surface area contributed by atoms with Crippen LogP contribution in [0.25, 0.3) is 0 Å². The zero-order valence-corrected chi connectivity index (χ0v) is 13.3. The van der Waals surface area contributed by atoms with Gasteiger partial charge in [0.15, 0.2) is 0 Å². The third-order valence-corrected chi connectivity index (χ3v) is 3.57.